The minimum absolute atomic E-state index is 0.00640. The zero-order valence-corrected chi connectivity index (χ0v) is 17.1. The van der Waals surface area contributed by atoms with Gasteiger partial charge in [-0.25, -0.2) is 0 Å². The van der Waals surface area contributed by atoms with E-state index in [0.717, 1.165) is 34.1 Å². The molecule has 3 heterocycles. The summed E-state index contributed by atoms with van der Waals surface area (Å²) in [6, 6.07) is 18.2. The lowest BCUT2D eigenvalue weighted by atomic mass is 10.0. The van der Waals surface area contributed by atoms with Gasteiger partial charge in [0.25, 0.3) is 0 Å². The van der Waals surface area contributed by atoms with E-state index in [9.17, 15) is 0 Å². The third kappa shape index (κ3) is 3.00. The van der Waals surface area contributed by atoms with Gasteiger partial charge < -0.3 is 14.6 Å². The molecule has 0 saturated carbocycles. The molecule has 0 fully saturated rings. The van der Waals surface area contributed by atoms with Crippen LogP contribution in [0.3, 0.4) is 0 Å². The Morgan fingerprint density at radius 2 is 1.89 bits per heavy atom. The Kier molecular flexibility index (Phi) is 4.38. The first kappa shape index (κ1) is 17.7. The maximum absolute atomic E-state index is 6.38. The molecular formula is C22H19ClN2O2S. The molecule has 2 aromatic carbocycles. The molecule has 2 atom stereocenters. The molecule has 28 heavy (non-hydrogen) atoms. The summed E-state index contributed by atoms with van der Waals surface area (Å²) in [6.07, 6.45) is 3.98. The molecule has 0 amide bonds. The molecule has 142 valence electrons. The van der Waals surface area contributed by atoms with Crippen LogP contribution in [0, 0.1) is 6.92 Å². The number of nitrogens with one attached hydrogen (secondary N) is 1. The molecule has 0 radical (unpaired) electrons. The monoisotopic (exact) mass is 410 g/mol. The van der Waals surface area contributed by atoms with Gasteiger partial charge in [-0.3, -0.25) is 0 Å². The summed E-state index contributed by atoms with van der Waals surface area (Å²) in [5.41, 5.74) is 6.54. The summed E-state index contributed by atoms with van der Waals surface area (Å²) in [4.78, 5) is 1.22. The highest BCUT2D eigenvalue weighted by molar-refractivity contribution is 7.98. The van der Waals surface area contributed by atoms with Crippen LogP contribution >= 0.6 is 23.4 Å². The summed E-state index contributed by atoms with van der Waals surface area (Å²) in [6.45, 7) is 1.95. The summed E-state index contributed by atoms with van der Waals surface area (Å²) < 4.78 is 12.2. The highest BCUT2D eigenvalue weighted by Gasteiger charge is 2.40. The highest BCUT2D eigenvalue weighted by atomic mass is 35.5. The number of fused-ring (bicyclic) bond motifs is 3. The van der Waals surface area contributed by atoms with Crippen molar-refractivity contribution in [2.45, 2.75) is 24.1 Å². The third-order valence-electron chi connectivity index (χ3n) is 5.06. The van der Waals surface area contributed by atoms with Crippen LogP contribution in [0.4, 0.5) is 0 Å². The minimum atomic E-state index is -0.264. The third-order valence-corrected chi connectivity index (χ3v) is 6.04. The van der Waals surface area contributed by atoms with Gasteiger partial charge >= 0.3 is 0 Å². The van der Waals surface area contributed by atoms with E-state index in [1.807, 2.05) is 37.3 Å². The molecular weight excluding hydrogens is 392 g/mol. The maximum Gasteiger partial charge on any atom is 0.195 e. The quantitative estimate of drug-likeness (QED) is 0.539. The van der Waals surface area contributed by atoms with Gasteiger partial charge in [-0.15, -0.1) is 11.8 Å². The van der Waals surface area contributed by atoms with E-state index in [4.69, 9.17) is 20.8 Å². The van der Waals surface area contributed by atoms with Gasteiger partial charge in [0.15, 0.2) is 12.0 Å². The zero-order chi connectivity index (χ0) is 19.3. The number of nitrogens with zero attached hydrogens (tertiary/aromatic N) is 1. The Bertz CT molecular complexity index is 1060. The van der Waals surface area contributed by atoms with Crippen molar-refractivity contribution in [2.75, 3.05) is 6.26 Å². The average Bonchev–Trinajstić information content (AvgIpc) is 3.34. The smallest absolute Gasteiger partial charge is 0.195 e. The summed E-state index contributed by atoms with van der Waals surface area (Å²) in [7, 11) is 0. The van der Waals surface area contributed by atoms with Gasteiger partial charge in [0.05, 0.1) is 11.7 Å². The van der Waals surface area contributed by atoms with Crippen LogP contribution in [-0.2, 0) is 0 Å². The number of hydrogen-bond donors (Lipinski definition) is 1. The molecule has 0 spiro atoms. The predicted octanol–water partition coefficient (Wildman–Crippen LogP) is 5.96. The fourth-order valence-electron chi connectivity index (χ4n) is 3.68. The Morgan fingerprint density at radius 3 is 2.61 bits per heavy atom. The molecule has 0 unspecified atom stereocenters. The van der Waals surface area contributed by atoms with Gasteiger partial charge in [-0.1, -0.05) is 23.7 Å². The largest absolute Gasteiger partial charge is 0.469 e. The number of hydrazine groups is 1. The van der Waals surface area contributed by atoms with Gasteiger partial charge in [0.2, 0.25) is 0 Å². The van der Waals surface area contributed by atoms with Crippen LogP contribution in [0.15, 0.2) is 70.0 Å². The summed E-state index contributed by atoms with van der Waals surface area (Å²) in [5.74, 6) is 2.54. The molecule has 0 aliphatic carbocycles. The molecule has 1 N–H and O–H groups in total. The Balaban J connectivity index is 1.57. The van der Waals surface area contributed by atoms with Gasteiger partial charge in [-0.2, -0.15) is 5.01 Å². The van der Waals surface area contributed by atoms with Crippen LogP contribution in [0.25, 0.3) is 5.70 Å². The zero-order valence-electron chi connectivity index (χ0n) is 15.5. The number of thioether (sulfide) groups is 1. The van der Waals surface area contributed by atoms with E-state index < -0.39 is 0 Å². The van der Waals surface area contributed by atoms with Crippen molar-refractivity contribution >= 4 is 29.1 Å². The van der Waals surface area contributed by atoms with E-state index in [1.165, 1.54) is 4.90 Å². The van der Waals surface area contributed by atoms with Crippen LogP contribution < -0.4 is 10.2 Å². The van der Waals surface area contributed by atoms with Crippen molar-refractivity contribution in [1.29, 1.82) is 0 Å². The molecule has 4 nitrogen and oxygen atoms in total. The van der Waals surface area contributed by atoms with Crippen molar-refractivity contribution in [3.8, 4) is 5.75 Å². The van der Waals surface area contributed by atoms with Gasteiger partial charge in [0.1, 0.15) is 11.5 Å². The van der Waals surface area contributed by atoms with Crippen molar-refractivity contribution in [1.82, 2.24) is 10.4 Å². The second-order valence-electron chi connectivity index (χ2n) is 6.88. The molecule has 5 rings (SSSR count). The number of rotatable bonds is 3. The molecule has 0 saturated heterocycles. The number of furan rings is 1. The minimum Gasteiger partial charge on any atom is -0.469 e. The highest BCUT2D eigenvalue weighted by Crippen LogP contribution is 2.46. The van der Waals surface area contributed by atoms with Crippen molar-refractivity contribution in [2.24, 2.45) is 0 Å². The standard InChI is InChI=1S/C22H19ClN2O2S/c1-13-3-9-21(26-13)18-12-19-17-11-15(23)6-10-20(17)27-22(25(19)24-18)14-4-7-16(28-2)8-5-14/h3-12,19,22,24H,1-2H3/t19-,22+/m1/s1. The van der Waals surface area contributed by atoms with Gasteiger partial charge in [-0.05, 0) is 61.7 Å². The van der Waals surface area contributed by atoms with Crippen molar-refractivity contribution in [3.05, 3.63) is 88.3 Å². The van der Waals surface area contributed by atoms with Crippen LogP contribution in [0.2, 0.25) is 5.02 Å². The Hall–Kier alpha value is -2.34. The molecule has 6 heteroatoms. The topological polar surface area (TPSA) is 37.6 Å². The number of halogens is 1. The normalized spacial score (nSPS) is 20.8. The number of aryl methyl sites for hydroxylation is 1. The number of benzene rings is 2. The first-order valence-corrected chi connectivity index (χ1v) is 10.7. The molecule has 0 bridgehead atoms. The first-order valence-electron chi connectivity index (χ1n) is 9.06. The molecule has 2 aliphatic heterocycles. The Morgan fingerprint density at radius 1 is 1.07 bits per heavy atom. The SMILES string of the molecule is CSc1ccc([C@@H]2Oc3ccc(Cl)cc3[C@H]3C=C(c4ccc(C)o4)NN32)cc1. The summed E-state index contributed by atoms with van der Waals surface area (Å²) in [5, 5.41) is 2.81. The van der Waals surface area contributed by atoms with Gasteiger partial charge in [0, 0.05) is 21.0 Å². The van der Waals surface area contributed by atoms with Crippen LogP contribution in [0.1, 0.15) is 34.9 Å². The molecule has 2 aliphatic rings. The first-order chi connectivity index (χ1) is 13.6. The predicted molar refractivity (Wildman–Crippen MR) is 112 cm³/mol. The van der Waals surface area contributed by atoms with E-state index in [-0.39, 0.29) is 12.3 Å². The number of ether oxygens (including phenoxy) is 1. The van der Waals surface area contributed by atoms with Crippen molar-refractivity contribution < 1.29 is 9.15 Å². The fraction of sp³-hybridized carbons (Fsp3) is 0.182. The molecule has 3 aromatic rings. The lowest BCUT2D eigenvalue weighted by Gasteiger charge is -2.39. The van der Waals surface area contributed by atoms with Crippen molar-refractivity contribution in [3.63, 3.8) is 0 Å². The van der Waals surface area contributed by atoms with E-state index in [2.05, 4.69) is 47.0 Å². The number of hydrogen-bond acceptors (Lipinski definition) is 5. The van der Waals surface area contributed by atoms with E-state index in [0.29, 0.717) is 5.02 Å². The van der Waals surface area contributed by atoms with E-state index >= 15 is 0 Å². The Labute approximate surface area is 173 Å². The van der Waals surface area contributed by atoms with Crippen LogP contribution in [-0.4, -0.2) is 11.3 Å². The summed E-state index contributed by atoms with van der Waals surface area (Å²) >= 11 is 8.00. The van der Waals surface area contributed by atoms with Crippen LogP contribution in [0.5, 0.6) is 5.75 Å². The fourth-order valence-corrected chi connectivity index (χ4v) is 4.27. The lowest BCUT2D eigenvalue weighted by molar-refractivity contribution is -0.0328. The second-order valence-corrected chi connectivity index (χ2v) is 8.20. The second kappa shape index (κ2) is 6.92. The lowest BCUT2D eigenvalue weighted by Crippen LogP contribution is -2.43. The van der Waals surface area contributed by atoms with E-state index in [1.54, 1.807) is 11.8 Å². The maximum atomic E-state index is 6.38. The molecule has 1 aromatic heterocycles. The average molecular weight is 411 g/mol.